The maximum absolute atomic E-state index is 2.46. The van der Waals surface area contributed by atoms with Crippen LogP contribution in [-0.4, -0.2) is 0 Å². The van der Waals surface area contributed by atoms with Gasteiger partial charge in [0, 0.05) is 0 Å². The van der Waals surface area contributed by atoms with Crippen molar-refractivity contribution >= 4 is 5.57 Å². The highest BCUT2D eigenvalue weighted by Crippen LogP contribution is 2.41. The Bertz CT molecular complexity index is 702. The number of fused-ring (bicyclic) bond motifs is 2. The van der Waals surface area contributed by atoms with Crippen molar-refractivity contribution in [2.24, 2.45) is 5.41 Å². The Morgan fingerprint density at radius 3 is 2.30 bits per heavy atom. The van der Waals surface area contributed by atoms with Gasteiger partial charge in [0.05, 0.1) is 0 Å². The molecule has 2 aromatic carbocycles. The Morgan fingerprint density at radius 2 is 1.55 bits per heavy atom. The van der Waals surface area contributed by atoms with Gasteiger partial charge in [-0.3, -0.25) is 0 Å². The van der Waals surface area contributed by atoms with Gasteiger partial charge < -0.3 is 0 Å². The molecule has 2 aromatic rings. The van der Waals surface area contributed by atoms with E-state index >= 15 is 0 Å². The van der Waals surface area contributed by atoms with E-state index in [9.17, 15) is 0 Å². The number of benzene rings is 2. The van der Waals surface area contributed by atoms with Crippen molar-refractivity contribution in [3.63, 3.8) is 0 Å². The molecule has 0 fully saturated rings. The Morgan fingerprint density at radius 1 is 0.850 bits per heavy atom. The summed E-state index contributed by atoms with van der Waals surface area (Å²) in [7, 11) is 0. The zero-order valence-corrected chi connectivity index (χ0v) is 12.2. The smallest absolute Gasteiger partial charge is 0.00818 e. The van der Waals surface area contributed by atoms with Gasteiger partial charge in [0.25, 0.3) is 0 Å². The third-order valence-corrected chi connectivity index (χ3v) is 4.66. The van der Waals surface area contributed by atoms with E-state index in [2.05, 4.69) is 62.4 Å². The lowest BCUT2D eigenvalue weighted by Gasteiger charge is -2.14. The molecule has 0 bridgehead atoms. The predicted octanol–water partition coefficient (Wildman–Crippen LogP) is 4.80. The fourth-order valence-electron chi connectivity index (χ4n) is 3.80. The Balaban J connectivity index is 1.80. The monoisotopic (exact) mass is 260 g/mol. The molecule has 0 aromatic heterocycles. The number of hydrogen-bond acceptors (Lipinski definition) is 0. The van der Waals surface area contributed by atoms with Crippen molar-refractivity contribution in [3.05, 3.63) is 76.4 Å². The average molecular weight is 260 g/mol. The molecular weight excluding hydrogens is 240 g/mol. The topological polar surface area (TPSA) is 0 Å². The van der Waals surface area contributed by atoms with Crippen LogP contribution in [0.2, 0.25) is 0 Å². The molecule has 2 aliphatic rings. The fourth-order valence-corrected chi connectivity index (χ4v) is 3.80. The minimum atomic E-state index is 0.439. The maximum atomic E-state index is 2.46. The molecule has 0 unspecified atom stereocenters. The van der Waals surface area contributed by atoms with E-state index in [0.717, 1.165) is 6.42 Å². The van der Waals surface area contributed by atoms with Gasteiger partial charge >= 0.3 is 0 Å². The molecule has 0 saturated heterocycles. The second-order valence-electron chi connectivity index (χ2n) is 6.98. The second kappa shape index (κ2) is 4.09. The molecule has 100 valence electrons. The molecule has 0 amide bonds. The van der Waals surface area contributed by atoms with Crippen LogP contribution in [0.15, 0.2) is 48.5 Å². The Labute approximate surface area is 121 Å². The lowest BCUT2D eigenvalue weighted by Crippen LogP contribution is -2.09. The highest BCUT2D eigenvalue weighted by molar-refractivity contribution is 5.85. The van der Waals surface area contributed by atoms with Gasteiger partial charge in [0.2, 0.25) is 0 Å². The fraction of sp³-hybridized carbons (Fsp3) is 0.300. The molecule has 0 heterocycles. The van der Waals surface area contributed by atoms with Gasteiger partial charge in [-0.2, -0.15) is 0 Å². The van der Waals surface area contributed by atoms with Crippen LogP contribution in [0.25, 0.3) is 5.57 Å². The molecule has 0 heteroatoms. The molecule has 0 aliphatic heterocycles. The molecule has 20 heavy (non-hydrogen) atoms. The van der Waals surface area contributed by atoms with Gasteiger partial charge in [0.15, 0.2) is 0 Å². The normalized spacial score (nSPS) is 18.6. The summed E-state index contributed by atoms with van der Waals surface area (Å²) in [6.07, 6.45) is 5.93. The summed E-state index contributed by atoms with van der Waals surface area (Å²) in [4.78, 5) is 0. The van der Waals surface area contributed by atoms with Crippen molar-refractivity contribution in [3.8, 4) is 0 Å². The zero-order chi connectivity index (χ0) is 13.7. The first-order valence-corrected chi connectivity index (χ1v) is 7.53. The summed E-state index contributed by atoms with van der Waals surface area (Å²) in [5.41, 5.74) is 9.34. The molecule has 0 nitrogen and oxygen atoms in total. The summed E-state index contributed by atoms with van der Waals surface area (Å²) in [6.45, 7) is 4.76. The van der Waals surface area contributed by atoms with E-state index in [1.807, 2.05) is 0 Å². The van der Waals surface area contributed by atoms with Crippen LogP contribution in [0, 0.1) is 5.41 Å². The molecular formula is C20H20. The number of rotatable bonds is 1. The van der Waals surface area contributed by atoms with E-state index in [1.54, 1.807) is 11.1 Å². The van der Waals surface area contributed by atoms with Crippen LogP contribution < -0.4 is 0 Å². The maximum Gasteiger partial charge on any atom is -0.00818 e. The minimum Gasteiger partial charge on any atom is -0.0716 e. The lowest BCUT2D eigenvalue weighted by molar-refractivity contribution is 0.392. The highest BCUT2D eigenvalue weighted by atomic mass is 14.3. The van der Waals surface area contributed by atoms with E-state index in [4.69, 9.17) is 0 Å². The van der Waals surface area contributed by atoms with Crippen molar-refractivity contribution in [1.29, 1.82) is 0 Å². The van der Waals surface area contributed by atoms with Gasteiger partial charge in [-0.15, -0.1) is 0 Å². The summed E-state index contributed by atoms with van der Waals surface area (Å²) in [5.74, 6) is 0. The van der Waals surface area contributed by atoms with E-state index in [0.29, 0.717) is 5.41 Å². The third kappa shape index (κ3) is 1.83. The Hall–Kier alpha value is -1.82. The first-order chi connectivity index (χ1) is 9.62. The van der Waals surface area contributed by atoms with Crippen LogP contribution in [-0.2, 0) is 19.3 Å². The Kier molecular flexibility index (Phi) is 2.44. The average Bonchev–Trinajstić information content (AvgIpc) is 2.95. The molecule has 0 spiro atoms. The summed E-state index contributed by atoms with van der Waals surface area (Å²) < 4.78 is 0. The van der Waals surface area contributed by atoms with Crippen LogP contribution >= 0.6 is 0 Å². The molecule has 0 N–H and O–H groups in total. The largest absolute Gasteiger partial charge is 0.0716 e. The van der Waals surface area contributed by atoms with Crippen molar-refractivity contribution in [1.82, 2.24) is 0 Å². The third-order valence-electron chi connectivity index (χ3n) is 4.66. The molecule has 2 aliphatic carbocycles. The van der Waals surface area contributed by atoms with Crippen LogP contribution in [0.1, 0.15) is 41.7 Å². The lowest BCUT2D eigenvalue weighted by atomic mass is 9.90. The van der Waals surface area contributed by atoms with Gasteiger partial charge in [-0.05, 0) is 58.1 Å². The standard InChI is InChI=1S/C20H20/c1-20(2)12-16-10-15-8-9-18(14-6-4-3-5-7-14)19(15)11-17(16)13-20/h3-7,9-11H,8,12-13H2,1-2H3. The predicted molar refractivity (Wildman–Crippen MR) is 84.9 cm³/mol. The van der Waals surface area contributed by atoms with Crippen molar-refractivity contribution in [2.75, 3.05) is 0 Å². The van der Waals surface area contributed by atoms with Gasteiger partial charge in [-0.1, -0.05) is 62.4 Å². The SMILES string of the molecule is CC1(C)Cc2cc3c(cc2C1)C(c1ccccc1)=CC3. The van der Waals surface area contributed by atoms with E-state index in [-0.39, 0.29) is 0 Å². The molecule has 4 rings (SSSR count). The quantitative estimate of drug-likeness (QED) is 0.691. The first kappa shape index (κ1) is 12.0. The molecule has 0 atom stereocenters. The number of hydrogen-bond donors (Lipinski definition) is 0. The van der Waals surface area contributed by atoms with Crippen molar-refractivity contribution < 1.29 is 0 Å². The molecule has 0 saturated carbocycles. The highest BCUT2D eigenvalue weighted by Gasteiger charge is 2.30. The van der Waals surface area contributed by atoms with Crippen LogP contribution in [0.4, 0.5) is 0 Å². The van der Waals surface area contributed by atoms with Crippen LogP contribution in [0.5, 0.6) is 0 Å². The minimum absolute atomic E-state index is 0.439. The van der Waals surface area contributed by atoms with Crippen molar-refractivity contribution in [2.45, 2.75) is 33.1 Å². The van der Waals surface area contributed by atoms with Gasteiger partial charge in [-0.25, -0.2) is 0 Å². The summed E-state index contributed by atoms with van der Waals surface area (Å²) >= 11 is 0. The first-order valence-electron chi connectivity index (χ1n) is 7.53. The van der Waals surface area contributed by atoms with Gasteiger partial charge in [0.1, 0.15) is 0 Å². The summed E-state index contributed by atoms with van der Waals surface area (Å²) in [6, 6.07) is 15.7. The number of allylic oxidation sites excluding steroid dienone is 1. The molecule has 0 radical (unpaired) electrons. The van der Waals surface area contributed by atoms with E-state index < -0.39 is 0 Å². The van der Waals surface area contributed by atoms with E-state index in [1.165, 1.54) is 35.1 Å². The zero-order valence-electron chi connectivity index (χ0n) is 12.2. The second-order valence-corrected chi connectivity index (χ2v) is 6.98. The summed E-state index contributed by atoms with van der Waals surface area (Å²) in [5, 5.41) is 0. The van der Waals surface area contributed by atoms with Crippen LogP contribution in [0.3, 0.4) is 0 Å².